The molecule has 1 saturated heterocycles. The van der Waals surface area contributed by atoms with Gasteiger partial charge in [-0.05, 0) is 24.5 Å². The van der Waals surface area contributed by atoms with Crippen LogP contribution >= 0.6 is 0 Å². The smallest absolute Gasteiger partial charge is 0.256 e. The van der Waals surface area contributed by atoms with Crippen LogP contribution in [-0.4, -0.2) is 39.5 Å². The van der Waals surface area contributed by atoms with Crippen LogP contribution in [0.25, 0.3) is 5.69 Å². The standard InChI is InChI=1S/C21H20N4O3/c1-27-19-10-15-17(11-20(19)28-13-14-6-3-2-4-7-14)25-18(12-22-23-25)16-8-5-9-24(16)21(15)26/h2-4,6-7,10-12,16H,5,8-9,13H2,1H3/t16-/m0/s1. The minimum atomic E-state index is -0.00379. The van der Waals surface area contributed by atoms with E-state index >= 15 is 0 Å². The molecule has 0 bridgehead atoms. The summed E-state index contributed by atoms with van der Waals surface area (Å²) in [6.45, 7) is 1.14. The summed E-state index contributed by atoms with van der Waals surface area (Å²) in [7, 11) is 1.58. The van der Waals surface area contributed by atoms with E-state index in [0.717, 1.165) is 30.6 Å². The van der Waals surface area contributed by atoms with Gasteiger partial charge in [0.05, 0.1) is 36.3 Å². The Bertz CT molecular complexity index is 1030. The molecule has 1 fully saturated rings. The van der Waals surface area contributed by atoms with E-state index in [0.29, 0.717) is 29.4 Å². The molecule has 2 aliphatic rings. The summed E-state index contributed by atoms with van der Waals surface area (Å²) in [5.41, 5.74) is 3.22. The quantitative estimate of drug-likeness (QED) is 0.700. The van der Waals surface area contributed by atoms with E-state index in [1.54, 1.807) is 24.1 Å². The number of fused-ring (bicyclic) bond motifs is 5. The minimum Gasteiger partial charge on any atom is -0.493 e. The molecule has 5 rings (SSSR count). The van der Waals surface area contributed by atoms with Gasteiger partial charge in [-0.2, -0.15) is 0 Å². The molecule has 2 aliphatic heterocycles. The van der Waals surface area contributed by atoms with E-state index in [1.807, 2.05) is 41.3 Å². The number of ether oxygens (including phenoxy) is 2. The first-order chi connectivity index (χ1) is 13.8. The summed E-state index contributed by atoms with van der Waals surface area (Å²) in [5.74, 6) is 1.10. The summed E-state index contributed by atoms with van der Waals surface area (Å²) in [6, 6.07) is 13.5. The lowest BCUT2D eigenvalue weighted by Gasteiger charge is -2.21. The van der Waals surface area contributed by atoms with Crippen molar-refractivity contribution in [3.05, 3.63) is 65.5 Å². The summed E-state index contributed by atoms with van der Waals surface area (Å²) in [4.78, 5) is 15.1. The van der Waals surface area contributed by atoms with Crippen molar-refractivity contribution >= 4 is 5.91 Å². The zero-order chi connectivity index (χ0) is 19.1. The van der Waals surface area contributed by atoms with Crippen LogP contribution in [-0.2, 0) is 6.61 Å². The number of rotatable bonds is 4. The number of hydrogen-bond acceptors (Lipinski definition) is 5. The minimum absolute atomic E-state index is 0.00379. The van der Waals surface area contributed by atoms with Crippen molar-refractivity contribution in [2.45, 2.75) is 25.5 Å². The maximum atomic E-state index is 13.2. The average molecular weight is 376 g/mol. The van der Waals surface area contributed by atoms with E-state index in [-0.39, 0.29) is 11.9 Å². The molecule has 142 valence electrons. The summed E-state index contributed by atoms with van der Waals surface area (Å²) < 4.78 is 13.3. The topological polar surface area (TPSA) is 69.5 Å². The maximum Gasteiger partial charge on any atom is 0.256 e. The van der Waals surface area contributed by atoms with Crippen LogP contribution in [0.3, 0.4) is 0 Å². The normalized spacial score (nSPS) is 17.5. The predicted molar refractivity (Wildman–Crippen MR) is 102 cm³/mol. The second-order valence-electron chi connectivity index (χ2n) is 7.02. The second kappa shape index (κ2) is 6.67. The number of amides is 1. The fraction of sp³-hybridized carbons (Fsp3) is 0.286. The van der Waals surface area contributed by atoms with Crippen LogP contribution < -0.4 is 9.47 Å². The molecular weight excluding hydrogens is 356 g/mol. The van der Waals surface area contributed by atoms with Crippen LogP contribution in [0, 0.1) is 0 Å². The Morgan fingerprint density at radius 3 is 2.86 bits per heavy atom. The largest absolute Gasteiger partial charge is 0.493 e. The highest BCUT2D eigenvalue weighted by Crippen LogP contribution is 2.41. The molecule has 7 nitrogen and oxygen atoms in total. The van der Waals surface area contributed by atoms with Gasteiger partial charge in [-0.3, -0.25) is 4.79 Å². The third-order valence-corrected chi connectivity index (χ3v) is 5.41. The molecule has 0 spiro atoms. The van der Waals surface area contributed by atoms with E-state index in [1.165, 1.54) is 0 Å². The molecule has 2 aromatic carbocycles. The molecule has 0 saturated carbocycles. The van der Waals surface area contributed by atoms with Gasteiger partial charge in [-0.15, -0.1) is 5.10 Å². The van der Waals surface area contributed by atoms with Gasteiger partial charge >= 0.3 is 0 Å². The lowest BCUT2D eigenvalue weighted by molar-refractivity contribution is 0.0738. The summed E-state index contributed by atoms with van der Waals surface area (Å²) >= 11 is 0. The molecule has 1 aromatic heterocycles. The number of nitrogens with zero attached hydrogens (tertiary/aromatic N) is 4. The highest BCUT2D eigenvalue weighted by Gasteiger charge is 2.38. The molecular formula is C21H20N4O3. The SMILES string of the molecule is COc1cc2c(cc1OCc1ccccc1)-n1nncc1[C@@H]1CCCN1C2=O. The molecule has 0 aliphatic carbocycles. The molecule has 28 heavy (non-hydrogen) atoms. The van der Waals surface area contributed by atoms with Gasteiger partial charge in [-0.25, -0.2) is 4.68 Å². The van der Waals surface area contributed by atoms with Crippen molar-refractivity contribution in [1.29, 1.82) is 0 Å². The second-order valence-corrected chi connectivity index (χ2v) is 7.02. The Kier molecular flexibility index (Phi) is 4.00. The molecule has 1 atom stereocenters. The Hall–Kier alpha value is -3.35. The Morgan fingerprint density at radius 2 is 2.04 bits per heavy atom. The number of benzene rings is 2. The lowest BCUT2D eigenvalue weighted by atomic mass is 10.1. The number of carbonyl (C=O) groups excluding carboxylic acids is 1. The van der Waals surface area contributed by atoms with Crippen LogP contribution in [0.1, 0.15) is 40.5 Å². The molecule has 0 radical (unpaired) electrons. The van der Waals surface area contributed by atoms with Crippen molar-refractivity contribution in [2.75, 3.05) is 13.7 Å². The predicted octanol–water partition coefficient (Wildman–Crippen LogP) is 3.15. The van der Waals surface area contributed by atoms with Crippen molar-refractivity contribution in [3.63, 3.8) is 0 Å². The first-order valence-electron chi connectivity index (χ1n) is 9.37. The molecule has 3 aromatic rings. The zero-order valence-electron chi connectivity index (χ0n) is 15.5. The van der Waals surface area contributed by atoms with Crippen molar-refractivity contribution < 1.29 is 14.3 Å². The highest BCUT2D eigenvalue weighted by atomic mass is 16.5. The van der Waals surface area contributed by atoms with Gasteiger partial charge in [0.1, 0.15) is 6.61 Å². The molecule has 3 heterocycles. The molecule has 1 amide bonds. The van der Waals surface area contributed by atoms with Gasteiger partial charge in [0, 0.05) is 12.6 Å². The Labute approximate surface area is 162 Å². The average Bonchev–Trinajstić information content (AvgIpc) is 3.39. The lowest BCUT2D eigenvalue weighted by Crippen LogP contribution is -2.29. The zero-order valence-corrected chi connectivity index (χ0v) is 15.5. The number of aromatic nitrogens is 3. The molecule has 7 heteroatoms. The van der Waals surface area contributed by atoms with Gasteiger partial charge in [0.2, 0.25) is 0 Å². The Balaban J connectivity index is 1.59. The Morgan fingerprint density at radius 1 is 1.18 bits per heavy atom. The summed E-state index contributed by atoms with van der Waals surface area (Å²) in [6.07, 6.45) is 3.65. The van der Waals surface area contributed by atoms with Crippen molar-refractivity contribution in [2.24, 2.45) is 0 Å². The van der Waals surface area contributed by atoms with Crippen molar-refractivity contribution in [1.82, 2.24) is 19.9 Å². The van der Waals surface area contributed by atoms with E-state index < -0.39 is 0 Å². The fourth-order valence-electron chi connectivity index (χ4n) is 4.03. The van der Waals surface area contributed by atoms with Gasteiger partial charge < -0.3 is 14.4 Å². The van der Waals surface area contributed by atoms with Gasteiger partial charge in [-0.1, -0.05) is 35.5 Å². The van der Waals surface area contributed by atoms with E-state index in [2.05, 4.69) is 10.3 Å². The summed E-state index contributed by atoms with van der Waals surface area (Å²) in [5, 5.41) is 8.36. The first kappa shape index (κ1) is 16.8. The number of methoxy groups -OCH3 is 1. The third-order valence-electron chi connectivity index (χ3n) is 5.41. The van der Waals surface area contributed by atoms with Crippen LogP contribution in [0.15, 0.2) is 48.7 Å². The number of carbonyl (C=O) groups is 1. The molecule has 0 unspecified atom stereocenters. The third kappa shape index (κ3) is 2.62. The van der Waals surface area contributed by atoms with Gasteiger partial charge in [0.15, 0.2) is 11.5 Å². The fourth-order valence-corrected chi connectivity index (χ4v) is 4.03. The van der Waals surface area contributed by atoms with Crippen LogP contribution in [0.5, 0.6) is 11.5 Å². The number of hydrogen-bond donors (Lipinski definition) is 0. The molecule has 0 N–H and O–H groups in total. The van der Waals surface area contributed by atoms with Crippen LogP contribution in [0.2, 0.25) is 0 Å². The van der Waals surface area contributed by atoms with Crippen LogP contribution in [0.4, 0.5) is 0 Å². The van der Waals surface area contributed by atoms with E-state index in [4.69, 9.17) is 9.47 Å². The highest BCUT2D eigenvalue weighted by molar-refractivity contribution is 5.99. The first-order valence-corrected chi connectivity index (χ1v) is 9.37. The monoisotopic (exact) mass is 376 g/mol. The van der Waals surface area contributed by atoms with E-state index in [9.17, 15) is 4.79 Å². The maximum absolute atomic E-state index is 13.2. The van der Waals surface area contributed by atoms with Gasteiger partial charge in [0.25, 0.3) is 5.91 Å². The van der Waals surface area contributed by atoms with Crippen molar-refractivity contribution in [3.8, 4) is 17.2 Å².